The van der Waals surface area contributed by atoms with Crippen molar-refractivity contribution in [2.75, 3.05) is 0 Å². The minimum atomic E-state index is -1.42. The standard InChI is InChI=1S/2C10H19OSi2.2ClH.Zr/c2*1-12(2)10-8-6-7-9(10)11-13(3,4)5;;;/h2*7,12H,6H2,1-5H3;2*1H;/q2*-1;;;+4/p-2. The molecule has 0 heterocycles. The van der Waals surface area contributed by atoms with Gasteiger partial charge in [-0.3, -0.25) is 12.2 Å². The van der Waals surface area contributed by atoms with Crippen LogP contribution in [0.25, 0.3) is 0 Å². The van der Waals surface area contributed by atoms with Gasteiger partial charge in [0.15, 0.2) is 0 Å². The summed E-state index contributed by atoms with van der Waals surface area (Å²) in [5.74, 6) is 2.31. The van der Waals surface area contributed by atoms with Gasteiger partial charge in [0.05, 0.1) is 0 Å². The van der Waals surface area contributed by atoms with E-state index in [0.717, 1.165) is 24.4 Å². The van der Waals surface area contributed by atoms with Gasteiger partial charge >= 0.3 is 26.2 Å². The summed E-state index contributed by atoms with van der Waals surface area (Å²) in [4.78, 5) is 0. The zero-order valence-electron chi connectivity index (χ0n) is 19.8. The van der Waals surface area contributed by atoms with Gasteiger partial charge in [0.1, 0.15) is 0 Å². The Morgan fingerprint density at radius 2 is 0.966 bits per heavy atom. The summed E-state index contributed by atoms with van der Waals surface area (Å²) >= 11 is 0. The SMILES string of the molecule is C[SiH](C)C1=[C-]CC=C1O[Si](C)(C)C.C[SiH](C)C1=[C-]CC=C1O[Si](C)(C)C.[Cl-].[Cl-].[Zr+4]. The van der Waals surface area contributed by atoms with Gasteiger partial charge < -0.3 is 33.7 Å². The van der Waals surface area contributed by atoms with Crippen LogP contribution in [0, 0.1) is 12.2 Å². The van der Waals surface area contributed by atoms with E-state index in [0.29, 0.717) is 0 Å². The maximum Gasteiger partial charge on any atom is 4.00 e. The van der Waals surface area contributed by atoms with Crippen molar-refractivity contribution < 1.29 is 59.9 Å². The number of allylic oxidation sites excluding steroid dienone is 6. The smallest absolute Gasteiger partial charge is 1.00 e. The topological polar surface area (TPSA) is 18.5 Å². The molecule has 29 heavy (non-hydrogen) atoms. The van der Waals surface area contributed by atoms with Crippen molar-refractivity contribution in [3.63, 3.8) is 0 Å². The summed E-state index contributed by atoms with van der Waals surface area (Å²) in [5, 5.41) is 2.81. The number of halogens is 2. The monoisotopic (exact) mass is 582 g/mol. The van der Waals surface area contributed by atoms with Crippen LogP contribution in [0.3, 0.4) is 0 Å². The van der Waals surface area contributed by atoms with E-state index in [-0.39, 0.29) is 51.0 Å². The molecule has 0 aromatic carbocycles. The summed E-state index contributed by atoms with van der Waals surface area (Å²) in [5.41, 5.74) is 0. The van der Waals surface area contributed by atoms with E-state index in [4.69, 9.17) is 8.85 Å². The maximum atomic E-state index is 6.01. The van der Waals surface area contributed by atoms with Gasteiger partial charge in [-0.25, -0.2) is 0 Å². The van der Waals surface area contributed by atoms with Gasteiger partial charge in [-0.05, 0) is 39.3 Å². The normalized spacial score (nSPS) is 15.6. The van der Waals surface area contributed by atoms with Crippen LogP contribution in [-0.4, -0.2) is 34.2 Å². The zero-order chi connectivity index (χ0) is 20.1. The largest absolute Gasteiger partial charge is 4.00 e. The molecule has 0 unspecified atom stereocenters. The van der Waals surface area contributed by atoms with E-state index in [1.54, 1.807) is 0 Å². The Kier molecular flexibility index (Phi) is 17.7. The van der Waals surface area contributed by atoms with E-state index < -0.39 is 34.2 Å². The summed E-state index contributed by atoms with van der Waals surface area (Å²) in [6, 6.07) is 0. The summed E-state index contributed by atoms with van der Waals surface area (Å²) in [7, 11) is -4.31. The molecule has 0 spiro atoms. The second-order valence-corrected chi connectivity index (χ2v) is 24.1. The van der Waals surface area contributed by atoms with Gasteiger partial charge in [-0.1, -0.05) is 37.7 Å². The molecule has 0 atom stereocenters. The number of hydrogen-bond acceptors (Lipinski definition) is 2. The Balaban J connectivity index is -0.000000422. The van der Waals surface area contributed by atoms with E-state index >= 15 is 0 Å². The first kappa shape index (κ1) is 34.5. The molecule has 2 rings (SSSR count). The van der Waals surface area contributed by atoms with Gasteiger partial charge in [-0.15, -0.1) is 25.0 Å². The molecular formula is C20H38Cl2O2Si4Zr. The Morgan fingerprint density at radius 1 is 0.690 bits per heavy atom. The molecule has 164 valence electrons. The second kappa shape index (κ2) is 14.9. The van der Waals surface area contributed by atoms with Crippen LogP contribution in [0.5, 0.6) is 0 Å². The third kappa shape index (κ3) is 13.8. The predicted molar refractivity (Wildman–Crippen MR) is 126 cm³/mol. The molecule has 0 saturated carbocycles. The minimum absolute atomic E-state index is 0. The molecule has 0 aromatic heterocycles. The Labute approximate surface area is 217 Å². The molecule has 0 saturated heterocycles. The molecule has 2 nitrogen and oxygen atoms in total. The fourth-order valence-electron chi connectivity index (χ4n) is 2.73. The quantitative estimate of drug-likeness (QED) is 0.317. The average molecular weight is 585 g/mol. The van der Waals surface area contributed by atoms with Crippen molar-refractivity contribution >= 4 is 34.2 Å². The first-order valence-electron chi connectivity index (χ1n) is 9.80. The molecule has 2 aliphatic carbocycles. The molecule has 0 aromatic rings. The zero-order valence-corrected chi connectivity index (χ0v) is 28.1. The van der Waals surface area contributed by atoms with Gasteiger partial charge in [0.2, 0.25) is 16.6 Å². The molecular weight excluding hydrogens is 547 g/mol. The van der Waals surface area contributed by atoms with Crippen molar-refractivity contribution in [2.45, 2.75) is 78.3 Å². The maximum absolute atomic E-state index is 6.01. The number of rotatable bonds is 6. The van der Waals surface area contributed by atoms with Crippen molar-refractivity contribution in [2.24, 2.45) is 0 Å². The van der Waals surface area contributed by atoms with Gasteiger partial charge in [0.25, 0.3) is 0 Å². The molecule has 0 radical (unpaired) electrons. The molecule has 0 fully saturated rings. The molecule has 0 N–H and O–H groups in total. The summed E-state index contributed by atoms with van der Waals surface area (Å²) in [6.07, 6.45) is 13.1. The van der Waals surface area contributed by atoms with Crippen LogP contribution in [0.15, 0.2) is 34.1 Å². The second-order valence-electron chi connectivity index (χ2n) is 9.46. The number of hydrogen-bond donors (Lipinski definition) is 0. The first-order valence-corrected chi connectivity index (χ1v) is 22.4. The Bertz CT molecular complexity index is 563. The average Bonchev–Trinajstić information content (AvgIpc) is 3.04. The Hall–Kier alpha value is 0.891. The molecule has 2 aliphatic rings. The molecule has 0 amide bonds. The van der Waals surface area contributed by atoms with E-state index in [9.17, 15) is 0 Å². The fourth-order valence-corrected chi connectivity index (χ4v) is 7.22. The van der Waals surface area contributed by atoms with Crippen molar-refractivity contribution in [3.05, 3.63) is 46.2 Å². The summed E-state index contributed by atoms with van der Waals surface area (Å²) < 4.78 is 12.0. The molecule has 0 bridgehead atoms. The van der Waals surface area contributed by atoms with Crippen LogP contribution < -0.4 is 24.8 Å². The fraction of sp³-hybridized carbons (Fsp3) is 0.600. The first-order chi connectivity index (χ1) is 11.8. The van der Waals surface area contributed by atoms with Crippen LogP contribution in [-0.2, 0) is 35.1 Å². The molecule has 9 heteroatoms. The van der Waals surface area contributed by atoms with Gasteiger partial charge in [-0.2, -0.15) is 10.4 Å². The molecule has 0 aliphatic heterocycles. The predicted octanol–water partition coefficient (Wildman–Crippen LogP) is -0.233. The Morgan fingerprint density at radius 3 is 1.17 bits per heavy atom. The van der Waals surface area contributed by atoms with Crippen molar-refractivity contribution in [3.8, 4) is 0 Å². The van der Waals surface area contributed by atoms with Gasteiger partial charge in [0, 0.05) is 17.6 Å². The minimum Gasteiger partial charge on any atom is -1.00 e. The van der Waals surface area contributed by atoms with Crippen LogP contribution in [0.4, 0.5) is 0 Å². The van der Waals surface area contributed by atoms with Crippen molar-refractivity contribution in [1.29, 1.82) is 0 Å². The third-order valence-corrected chi connectivity index (χ3v) is 8.63. The third-order valence-electron chi connectivity index (χ3n) is 3.68. The summed E-state index contributed by atoms with van der Waals surface area (Å²) in [6.45, 7) is 22.7. The van der Waals surface area contributed by atoms with E-state index in [2.05, 4.69) is 89.8 Å². The van der Waals surface area contributed by atoms with E-state index in [1.165, 1.54) is 10.4 Å². The van der Waals surface area contributed by atoms with Crippen LogP contribution >= 0.6 is 0 Å². The van der Waals surface area contributed by atoms with E-state index in [1.807, 2.05) is 0 Å². The van der Waals surface area contributed by atoms with Crippen LogP contribution in [0.1, 0.15) is 12.8 Å². The van der Waals surface area contributed by atoms with Crippen molar-refractivity contribution in [1.82, 2.24) is 0 Å². The van der Waals surface area contributed by atoms with Crippen LogP contribution in [0.2, 0.25) is 65.5 Å².